The van der Waals surface area contributed by atoms with Gasteiger partial charge in [0.25, 0.3) is 0 Å². The van der Waals surface area contributed by atoms with Crippen molar-refractivity contribution in [1.82, 2.24) is 4.98 Å². The fourth-order valence-corrected chi connectivity index (χ4v) is 2.63. The summed E-state index contributed by atoms with van der Waals surface area (Å²) in [4.78, 5) is 4.33. The highest BCUT2D eigenvalue weighted by molar-refractivity contribution is 9.10. The number of pyridine rings is 1. The molecule has 2 rings (SSSR count). The molecule has 0 bridgehead atoms. The maximum Gasteiger partial charge on any atom is 0.145 e. The zero-order chi connectivity index (χ0) is 17.5. The molecule has 0 aliphatic rings. The molecule has 0 unspecified atom stereocenters. The van der Waals surface area contributed by atoms with Crippen LogP contribution in [0.4, 0.5) is 5.82 Å². The molecule has 0 saturated carbocycles. The summed E-state index contributed by atoms with van der Waals surface area (Å²) in [6, 6.07) is 8.13. The van der Waals surface area contributed by atoms with E-state index in [0.29, 0.717) is 31.5 Å². The number of halogens is 2. The van der Waals surface area contributed by atoms with Crippen LogP contribution < -0.4 is 10.1 Å². The van der Waals surface area contributed by atoms with E-state index in [2.05, 4.69) is 38.4 Å². The predicted molar refractivity (Wildman–Crippen MR) is 102 cm³/mol. The summed E-state index contributed by atoms with van der Waals surface area (Å²) in [6.07, 6.45) is 0. The minimum Gasteiger partial charge on any atom is -0.491 e. The van der Waals surface area contributed by atoms with Crippen LogP contribution in [0, 0.1) is 13.8 Å². The third kappa shape index (κ3) is 5.36. The summed E-state index contributed by atoms with van der Waals surface area (Å²) in [7, 11) is 0. The molecule has 6 heteroatoms. The molecule has 0 aliphatic heterocycles. The largest absolute Gasteiger partial charge is 0.491 e. The number of benzene rings is 1. The number of rotatable bonds is 8. The maximum absolute atomic E-state index is 6.11. The quantitative estimate of drug-likeness (QED) is 0.480. The highest BCUT2D eigenvalue weighted by Crippen LogP contribution is 2.27. The van der Waals surface area contributed by atoms with Crippen LogP contribution in [0.2, 0.25) is 5.15 Å². The molecule has 24 heavy (non-hydrogen) atoms. The number of anilines is 1. The molecule has 0 saturated heterocycles. The zero-order valence-electron chi connectivity index (χ0n) is 14.2. The van der Waals surface area contributed by atoms with Gasteiger partial charge in [-0.25, -0.2) is 4.98 Å². The van der Waals surface area contributed by atoms with Gasteiger partial charge in [-0.2, -0.15) is 0 Å². The molecule has 130 valence electrons. The van der Waals surface area contributed by atoms with Crippen molar-refractivity contribution in [1.29, 1.82) is 0 Å². The third-order valence-corrected chi connectivity index (χ3v) is 4.97. The topological polar surface area (TPSA) is 43.4 Å². The minimum absolute atomic E-state index is 0.453. The van der Waals surface area contributed by atoms with Crippen molar-refractivity contribution in [2.24, 2.45) is 0 Å². The number of ether oxygens (including phenoxy) is 2. The normalized spacial score (nSPS) is 10.7. The lowest BCUT2D eigenvalue weighted by Crippen LogP contribution is -2.09. The summed E-state index contributed by atoms with van der Waals surface area (Å²) < 4.78 is 12.0. The Morgan fingerprint density at radius 1 is 1.21 bits per heavy atom. The van der Waals surface area contributed by atoms with Gasteiger partial charge in [0, 0.05) is 18.7 Å². The van der Waals surface area contributed by atoms with Gasteiger partial charge in [-0.3, -0.25) is 0 Å². The molecule has 1 heterocycles. The lowest BCUT2D eigenvalue weighted by atomic mass is 10.1. The molecule has 0 amide bonds. The Balaban J connectivity index is 2.06. The summed E-state index contributed by atoms with van der Waals surface area (Å²) >= 11 is 9.53. The van der Waals surface area contributed by atoms with Gasteiger partial charge in [-0.05, 0) is 60.0 Å². The van der Waals surface area contributed by atoms with E-state index in [1.807, 2.05) is 32.9 Å². The lowest BCUT2D eigenvalue weighted by Gasteiger charge is -2.14. The van der Waals surface area contributed by atoms with Crippen molar-refractivity contribution in [3.63, 3.8) is 0 Å². The molecule has 0 radical (unpaired) electrons. The Kier molecular flexibility index (Phi) is 7.34. The van der Waals surface area contributed by atoms with E-state index in [4.69, 9.17) is 21.1 Å². The fourth-order valence-electron chi connectivity index (χ4n) is 2.19. The first-order valence-corrected chi connectivity index (χ1v) is 9.05. The molecule has 1 aromatic heterocycles. The molecule has 1 aromatic carbocycles. The Hall–Kier alpha value is -1.30. The van der Waals surface area contributed by atoms with Gasteiger partial charge in [0.15, 0.2) is 0 Å². The highest BCUT2D eigenvalue weighted by Gasteiger charge is 2.08. The van der Waals surface area contributed by atoms with Gasteiger partial charge in [-0.15, -0.1) is 0 Å². The first kappa shape index (κ1) is 19.0. The Morgan fingerprint density at radius 3 is 2.71 bits per heavy atom. The van der Waals surface area contributed by atoms with E-state index >= 15 is 0 Å². The van der Waals surface area contributed by atoms with E-state index in [1.54, 1.807) is 0 Å². The number of hydrogen-bond donors (Lipinski definition) is 1. The van der Waals surface area contributed by atoms with E-state index in [1.165, 1.54) is 0 Å². The third-order valence-electron chi connectivity index (χ3n) is 3.47. The summed E-state index contributed by atoms with van der Waals surface area (Å²) in [5.41, 5.74) is 3.26. The standard InChI is InChI=1S/C18H22BrClN2O2/c1-4-23-7-8-24-15-9-12(2)5-6-14(15)11-21-16-10-13(3)17(19)18(20)22-16/h5-6,9-10H,4,7-8,11H2,1-3H3,(H,21,22). The van der Waals surface area contributed by atoms with Crippen molar-refractivity contribution in [2.45, 2.75) is 27.3 Å². The van der Waals surface area contributed by atoms with E-state index in [9.17, 15) is 0 Å². The molecule has 0 spiro atoms. The first-order chi connectivity index (χ1) is 11.5. The SMILES string of the molecule is CCOCCOc1cc(C)ccc1CNc1cc(C)c(Br)c(Cl)n1. The lowest BCUT2D eigenvalue weighted by molar-refractivity contribution is 0.110. The number of nitrogens with one attached hydrogen (secondary N) is 1. The number of aromatic nitrogens is 1. The zero-order valence-corrected chi connectivity index (χ0v) is 16.5. The van der Waals surface area contributed by atoms with E-state index < -0.39 is 0 Å². The van der Waals surface area contributed by atoms with Crippen molar-refractivity contribution in [3.05, 3.63) is 50.6 Å². The molecule has 0 fully saturated rings. The van der Waals surface area contributed by atoms with Crippen LogP contribution in [-0.4, -0.2) is 24.8 Å². The predicted octanol–water partition coefficient (Wildman–Crippen LogP) is 5.14. The van der Waals surface area contributed by atoms with Crippen molar-refractivity contribution in [3.8, 4) is 5.75 Å². The Bertz CT molecular complexity index is 672. The fraction of sp³-hybridized carbons (Fsp3) is 0.389. The summed E-state index contributed by atoms with van der Waals surface area (Å²) in [5, 5.41) is 3.76. The molecule has 4 nitrogen and oxygen atoms in total. The monoisotopic (exact) mass is 412 g/mol. The van der Waals surface area contributed by atoms with E-state index in [0.717, 1.165) is 32.7 Å². The van der Waals surface area contributed by atoms with Crippen molar-refractivity contribution >= 4 is 33.3 Å². The van der Waals surface area contributed by atoms with Crippen LogP contribution >= 0.6 is 27.5 Å². The van der Waals surface area contributed by atoms with Gasteiger partial charge < -0.3 is 14.8 Å². The Labute approximate surface area is 156 Å². The number of aryl methyl sites for hydroxylation is 2. The number of nitrogens with zero attached hydrogens (tertiary/aromatic N) is 1. The molecule has 0 aliphatic carbocycles. The molecule has 1 N–H and O–H groups in total. The van der Waals surface area contributed by atoms with Gasteiger partial charge in [-0.1, -0.05) is 23.7 Å². The summed E-state index contributed by atoms with van der Waals surface area (Å²) in [5.74, 6) is 1.60. The van der Waals surface area contributed by atoms with Crippen LogP contribution in [0.5, 0.6) is 5.75 Å². The van der Waals surface area contributed by atoms with Crippen molar-refractivity contribution in [2.75, 3.05) is 25.1 Å². The molecular formula is C18H22BrClN2O2. The van der Waals surface area contributed by atoms with Crippen molar-refractivity contribution < 1.29 is 9.47 Å². The van der Waals surface area contributed by atoms with Gasteiger partial charge >= 0.3 is 0 Å². The van der Waals surface area contributed by atoms with Crippen LogP contribution in [0.3, 0.4) is 0 Å². The average molecular weight is 414 g/mol. The van der Waals surface area contributed by atoms with Crippen LogP contribution in [0.25, 0.3) is 0 Å². The smallest absolute Gasteiger partial charge is 0.145 e. The van der Waals surface area contributed by atoms with Gasteiger partial charge in [0.05, 0.1) is 11.1 Å². The highest BCUT2D eigenvalue weighted by atomic mass is 79.9. The Morgan fingerprint density at radius 2 is 2.00 bits per heavy atom. The van der Waals surface area contributed by atoms with E-state index in [-0.39, 0.29) is 0 Å². The minimum atomic E-state index is 0.453. The first-order valence-electron chi connectivity index (χ1n) is 7.87. The van der Waals surface area contributed by atoms with Crippen LogP contribution in [-0.2, 0) is 11.3 Å². The molecule has 0 atom stereocenters. The van der Waals surface area contributed by atoms with Crippen LogP contribution in [0.1, 0.15) is 23.6 Å². The average Bonchev–Trinajstić information content (AvgIpc) is 2.55. The molecular weight excluding hydrogens is 392 g/mol. The maximum atomic E-state index is 6.11. The second-order valence-corrected chi connectivity index (χ2v) is 6.59. The summed E-state index contributed by atoms with van der Waals surface area (Å²) in [6.45, 7) is 8.42. The number of hydrogen-bond acceptors (Lipinski definition) is 4. The van der Waals surface area contributed by atoms with Crippen LogP contribution in [0.15, 0.2) is 28.7 Å². The second-order valence-electron chi connectivity index (χ2n) is 5.44. The molecule has 2 aromatic rings. The van der Waals surface area contributed by atoms with Gasteiger partial charge in [0.2, 0.25) is 0 Å². The van der Waals surface area contributed by atoms with Gasteiger partial charge in [0.1, 0.15) is 23.3 Å². The second kappa shape index (κ2) is 9.25.